The minimum Gasteiger partial charge on any atom is -0.467 e. The summed E-state index contributed by atoms with van der Waals surface area (Å²) in [5.74, 6) is -0.826. The van der Waals surface area contributed by atoms with Gasteiger partial charge in [-0.2, -0.15) is 9.41 Å². The van der Waals surface area contributed by atoms with Crippen LogP contribution in [0.5, 0.6) is 0 Å². The molecule has 0 unspecified atom stereocenters. The molecule has 0 radical (unpaired) electrons. The van der Waals surface area contributed by atoms with Crippen LogP contribution in [0.25, 0.3) is 0 Å². The summed E-state index contributed by atoms with van der Waals surface area (Å²) >= 11 is 5.99. The molecule has 1 atom stereocenters. The van der Waals surface area contributed by atoms with Crippen molar-refractivity contribution < 1.29 is 27.2 Å². The first-order chi connectivity index (χ1) is 17.7. The minimum atomic E-state index is -3.76. The second kappa shape index (κ2) is 11.3. The molecule has 2 heterocycles. The van der Waals surface area contributed by atoms with E-state index in [0.717, 1.165) is 5.56 Å². The number of hydrogen-bond acceptors (Lipinski definition) is 7. The Hall–Kier alpha value is -3.47. The third kappa shape index (κ3) is 5.76. The van der Waals surface area contributed by atoms with Crippen molar-refractivity contribution in [2.75, 3.05) is 19.7 Å². The van der Waals surface area contributed by atoms with E-state index in [9.17, 15) is 18.0 Å². The number of nitrogens with zero attached hydrogens (tertiary/aromatic N) is 3. The fourth-order valence-electron chi connectivity index (χ4n) is 4.03. The van der Waals surface area contributed by atoms with E-state index >= 15 is 0 Å². The van der Waals surface area contributed by atoms with Crippen LogP contribution in [0.1, 0.15) is 48.0 Å². The molecular weight excluding hydrogens is 518 g/mol. The number of hydrogen-bond donors (Lipinski definition) is 0. The smallest absolute Gasteiger partial charge is 0.338 e. The average molecular weight is 544 g/mol. The lowest BCUT2D eigenvalue weighted by Crippen LogP contribution is -2.31. The molecule has 0 saturated carbocycles. The summed E-state index contributed by atoms with van der Waals surface area (Å²) in [5.41, 5.74) is 1.49. The lowest BCUT2D eigenvalue weighted by molar-refractivity contribution is -0.136. The second-order valence-electron chi connectivity index (χ2n) is 8.22. The molecule has 194 valence electrons. The Bertz CT molecular complexity index is 1400. The first kappa shape index (κ1) is 26.6. The quantitative estimate of drug-likeness (QED) is 0.368. The van der Waals surface area contributed by atoms with Crippen molar-refractivity contribution in [2.24, 2.45) is 5.10 Å². The molecule has 1 aromatic heterocycles. The van der Waals surface area contributed by atoms with Crippen molar-refractivity contribution in [3.63, 3.8) is 0 Å². The first-order valence-corrected chi connectivity index (χ1v) is 13.5. The first-order valence-electron chi connectivity index (χ1n) is 11.7. The molecule has 0 aliphatic carbocycles. The summed E-state index contributed by atoms with van der Waals surface area (Å²) in [4.78, 5) is 25.8. The van der Waals surface area contributed by atoms with Crippen LogP contribution in [0.15, 0.2) is 81.3 Å². The van der Waals surface area contributed by atoms with Crippen LogP contribution >= 0.6 is 11.6 Å². The Morgan fingerprint density at radius 2 is 1.84 bits per heavy atom. The molecule has 0 bridgehead atoms. The molecule has 4 rings (SSSR count). The van der Waals surface area contributed by atoms with Crippen molar-refractivity contribution in [1.82, 2.24) is 9.31 Å². The Morgan fingerprint density at radius 1 is 1.11 bits per heavy atom. The van der Waals surface area contributed by atoms with Gasteiger partial charge in [-0.3, -0.25) is 4.79 Å². The highest BCUT2D eigenvalue weighted by Crippen LogP contribution is 2.33. The van der Waals surface area contributed by atoms with E-state index in [2.05, 4.69) is 5.10 Å². The number of rotatable bonds is 9. The molecule has 11 heteroatoms. The van der Waals surface area contributed by atoms with E-state index in [4.69, 9.17) is 20.8 Å². The topological polar surface area (TPSA) is 109 Å². The van der Waals surface area contributed by atoms with E-state index in [1.165, 1.54) is 39.8 Å². The maximum atomic E-state index is 13.1. The highest BCUT2D eigenvalue weighted by atomic mass is 35.5. The van der Waals surface area contributed by atoms with Crippen molar-refractivity contribution >= 4 is 39.2 Å². The van der Waals surface area contributed by atoms with Gasteiger partial charge in [-0.1, -0.05) is 43.6 Å². The molecule has 9 nitrogen and oxygen atoms in total. The van der Waals surface area contributed by atoms with E-state index < -0.39 is 34.5 Å². The fourth-order valence-corrected chi connectivity index (χ4v) is 5.66. The number of amides is 1. The minimum absolute atomic E-state index is 0.0217. The van der Waals surface area contributed by atoms with Gasteiger partial charge in [0.15, 0.2) is 6.61 Å². The zero-order chi connectivity index (χ0) is 26.6. The fraction of sp³-hybridized carbons (Fsp3) is 0.269. The normalized spacial score (nSPS) is 15.6. The van der Waals surface area contributed by atoms with Gasteiger partial charge in [0, 0.05) is 24.5 Å². The predicted molar refractivity (Wildman–Crippen MR) is 138 cm³/mol. The van der Waals surface area contributed by atoms with Gasteiger partial charge >= 0.3 is 5.97 Å². The third-order valence-electron chi connectivity index (χ3n) is 5.95. The highest BCUT2D eigenvalue weighted by Gasteiger charge is 2.35. The Morgan fingerprint density at radius 3 is 2.49 bits per heavy atom. The van der Waals surface area contributed by atoms with Gasteiger partial charge in [-0.25, -0.2) is 18.2 Å². The summed E-state index contributed by atoms with van der Waals surface area (Å²) in [6.07, 6.45) is 1.91. The van der Waals surface area contributed by atoms with Gasteiger partial charge in [0.25, 0.3) is 5.91 Å². The van der Waals surface area contributed by atoms with Gasteiger partial charge in [0.2, 0.25) is 10.0 Å². The predicted octanol–water partition coefficient (Wildman–Crippen LogP) is 4.50. The largest absolute Gasteiger partial charge is 0.467 e. The molecule has 1 aliphatic rings. The molecule has 0 N–H and O–H groups in total. The number of ether oxygens (including phenoxy) is 1. The number of esters is 1. The van der Waals surface area contributed by atoms with Crippen molar-refractivity contribution in [1.29, 1.82) is 0 Å². The number of benzene rings is 2. The molecule has 1 amide bonds. The average Bonchev–Trinajstić information content (AvgIpc) is 3.59. The van der Waals surface area contributed by atoms with E-state index in [1.54, 1.807) is 38.1 Å². The van der Waals surface area contributed by atoms with Crippen LogP contribution in [0.4, 0.5) is 0 Å². The molecule has 3 aromatic rings. The van der Waals surface area contributed by atoms with E-state index in [-0.39, 0.29) is 10.5 Å². The number of carbonyl (C=O) groups is 2. The second-order valence-corrected chi connectivity index (χ2v) is 10.6. The highest BCUT2D eigenvalue weighted by molar-refractivity contribution is 7.89. The monoisotopic (exact) mass is 543 g/mol. The summed E-state index contributed by atoms with van der Waals surface area (Å²) in [6, 6.07) is 15.6. The number of carbonyl (C=O) groups excluding carboxylic acids is 2. The van der Waals surface area contributed by atoms with Gasteiger partial charge in [-0.15, -0.1) is 0 Å². The Kier molecular flexibility index (Phi) is 8.11. The lowest BCUT2D eigenvalue weighted by Gasteiger charge is -2.20. The Balaban J connectivity index is 1.50. The van der Waals surface area contributed by atoms with Crippen molar-refractivity contribution in [3.05, 3.63) is 88.8 Å². The number of furan rings is 1. The Labute approximate surface area is 220 Å². The summed E-state index contributed by atoms with van der Waals surface area (Å²) in [6.45, 7) is 3.49. The van der Waals surface area contributed by atoms with Crippen molar-refractivity contribution in [3.8, 4) is 0 Å². The molecule has 1 aliphatic heterocycles. The van der Waals surface area contributed by atoms with Crippen LogP contribution < -0.4 is 0 Å². The van der Waals surface area contributed by atoms with E-state index in [0.29, 0.717) is 36.0 Å². The molecular formula is C26H26ClN3O6S. The van der Waals surface area contributed by atoms with Crippen LogP contribution in [0, 0.1) is 0 Å². The number of hydrazone groups is 1. The summed E-state index contributed by atoms with van der Waals surface area (Å²) in [7, 11) is -3.76. The number of sulfonamides is 1. The zero-order valence-corrected chi connectivity index (χ0v) is 21.9. The summed E-state index contributed by atoms with van der Waals surface area (Å²) in [5, 5.41) is 6.31. The van der Waals surface area contributed by atoms with Crippen molar-refractivity contribution in [2.45, 2.75) is 31.2 Å². The maximum Gasteiger partial charge on any atom is 0.338 e. The standard InChI is InChI=1S/C26H26ClN3O6S/c1-3-29(4-2)37(33,34)21-8-5-7-19(15-21)26(32)36-17-25(31)30-23(24-9-6-14-35-24)16-22(28-30)18-10-12-20(27)13-11-18/h5-15,23H,3-4,16-17H2,1-2H3/t23-/m0/s1. The van der Waals surface area contributed by atoms with Gasteiger partial charge in [0.1, 0.15) is 11.8 Å². The maximum absolute atomic E-state index is 13.1. The number of halogens is 1. The zero-order valence-electron chi connectivity index (χ0n) is 20.3. The molecule has 2 aromatic carbocycles. The van der Waals surface area contributed by atoms with Crippen LogP contribution in [0.2, 0.25) is 5.02 Å². The molecule has 37 heavy (non-hydrogen) atoms. The van der Waals surface area contributed by atoms with Gasteiger partial charge < -0.3 is 9.15 Å². The molecule has 0 saturated heterocycles. The molecule has 0 spiro atoms. The summed E-state index contributed by atoms with van der Waals surface area (Å²) < 4.78 is 37.7. The van der Waals surface area contributed by atoms with Crippen LogP contribution in [-0.2, 0) is 19.6 Å². The van der Waals surface area contributed by atoms with Gasteiger partial charge in [0.05, 0.1) is 22.4 Å². The van der Waals surface area contributed by atoms with Gasteiger partial charge in [-0.05, 0) is 48.0 Å². The van der Waals surface area contributed by atoms with Crippen LogP contribution in [0.3, 0.4) is 0 Å². The SMILES string of the molecule is CCN(CC)S(=O)(=O)c1cccc(C(=O)OCC(=O)N2N=C(c3ccc(Cl)cc3)C[C@H]2c2ccco2)c1. The lowest BCUT2D eigenvalue weighted by atomic mass is 10.0. The van der Waals surface area contributed by atoms with Crippen LogP contribution in [-0.4, -0.2) is 55.0 Å². The van der Waals surface area contributed by atoms with E-state index in [1.807, 2.05) is 12.1 Å². The molecule has 0 fully saturated rings. The third-order valence-corrected chi connectivity index (χ3v) is 8.25.